The summed E-state index contributed by atoms with van der Waals surface area (Å²) in [5.41, 5.74) is 5.20. The van der Waals surface area contributed by atoms with Gasteiger partial charge in [0.15, 0.2) is 0 Å². The molecular weight excluding hydrogens is 326 g/mol. The van der Waals surface area contributed by atoms with Gasteiger partial charge in [-0.2, -0.15) is 0 Å². The highest BCUT2D eigenvalue weighted by Gasteiger charge is 2.18. The minimum Gasteiger partial charge on any atom is -0.497 e. The molecule has 0 aliphatic heterocycles. The Labute approximate surface area is 144 Å². The zero-order valence-electron chi connectivity index (χ0n) is 14.6. The fraction of sp³-hybridized carbons (Fsp3) is 0.312. The molecule has 1 aromatic carbocycles. The molecular formula is C16H21N5O4. The van der Waals surface area contributed by atoms with Crippen LogP contribution in [-0.2, 0) is 18.4 Å². The third kappa shape index (κ3) is 3.65. The summed E-state index contributed by atoms with van der Waals surface area (Å²) in [7, 11) is 6.23. The fourth-order valence-electron chi connectivity index (χ4n) is 2.37. The highest BCUT2D eigenvalue weighted by molar-refractivity contribution is 5.90. The van der Waals surface area contributed by atoms with Crippen LogP contribution in [0.4, 0.5) is 17.2 Å². The van der Waals surface area contributed by atoms with Crippen LogP contribution in [0, 0.1) is 0 Å². The molecule has 0 fully saturated rings. The molecule has 0 bridgehead atoms. The highest BCUT2D eigenvalue weighted by atomic mass is 16.5. The molecule has 9 heteroatoms. The Balaban J connectivity index is 2.35. The van der Waals surface area contributed by atoms with Gasteiger partial charge in [-0.15, -0.1) is 0 Å². The summed E-state index contributed by atoms with van der Waals surface area (Å²) >= 11 is 0. The van der Waals surface area contributed by atoms with Crippen molar-refractivity contribution >= 4 is 23.1 Å². The normalized spacial score (nSPS) is 10.4. The van der Waals surface area contributed by atoms with E-state index in [0.717, 1.165) is 9.13 Å². The van der Waals surface area contributed by atoms with Gasteiger partial charge >= 0.3 is 5.69 Å². The molecule has 0 saturated heterocycles. The lowest BCUT2D eigenvalue weighted by Crippen LogP contribution is -2.44. The van der Waals surface area contributed by atoms with Crippen molar-refractivity contribution in [2.45, 2.75) is 6.54 Å². The number of methoxy groups -OCH3 is 1. The number of nitrogens with two attached hydrogens (primary N) is 1. The average Bonchev–Trinajstić information content (AvgIpc) is 2.57. The van der Waals surface area contributed by atoms with Gasteiger partial charge in [-0.05, 0) is 12.1 Å². The van der Waals surface area contributed by atoms with Gasteiger partial charge in [0.2, 0.25) is 5.91 Å². The Morgan fingerprint density at radius 1 is 1.32 bits per heavy atom. The molecule has 0 atom stereocenters. The van der Waals surface area contributed by atoms with E-state index in [4.69, 9.17) is 10.5 Å². The number of benzene rings is 1. The number of hydrogen-bond donors (Lipinski definition) is 2. The van der Waals surface area contributed by atoms with Gasteiger partial charge in [-0.1, -0.05) is 6.07 Å². The van der Waals surface area contributed by atoms with Gasteiger partial charge in [0, 0.05) is 32.9 Å². The monoisotopic (exact) mass is 347 g/mol. The van der Waals surface area contributed by atoms with E-state index in [1.165, 1.54) is 19.1 Å². The number of amides is 1. The Kier molecular flexibility index (Phi) is 5.16. The number of anilines is 3. The minimum absolute atomic E-state index is 0.0458. The van der Waals surface area contributed by atoms with Crippen molar-refractivity contribution in [2.24, 2.45) is 7.05 Å². The van der Waals surface area contributed by atoms with E-state index in [1.807, 2.05) is 0 Å². The quantitative estimate of drug-likeness (QED) is 0.777. The van der Waals surface area contributed by atoms with Crippen LogP contribution in [0.2, 0.25) is 0 Å². The maximum Gasteiger partial charge on any atom is 0.332 e. The van der Waals surface area contributed by atoms with Gasteiger partial charge in [-0.3, -0.25) is 14.2 Å². The van der Waals surface area contributed by atoms with E-state index in [9.17, 15) is 14.4 Å². The molecule has 0 aliphatic rings. The first-order valence-corrected chi connectivity index (χ1v) is 7.46. The molecule has 134 valence electrons. The van der Waals surface area contributed by atoms with E-state index in [2.05, 4.69) is 5.32 Å². The summed E-state index contributed by atoms with van der Waals surface area (Å²) in [5.74, 6) is 0.111. The fourth-order valence-corrected chi connectivity index (χ4v) is 2.37. The number of rotatable bonds is 5. The standard InChI is InChI=1S/C16H21N5O4/c1-19(2)13-14(17)20(3)16(24)21(15(13)23)9-12(22)18-10-6-5-7-11(8-10)25-4/h5-8H,9,17H2,1-4H3,(H,18,22). The topological polar surface area (TPSA) is 112 Å². The van der Waals surface area contributed by atoms with Crippen molar-refractivity contribution in [3.63, 3.8) is 0 Å². The number of carbonyl (C=O) groups is 1. The second kappa shape index (κ2) is 7.12. The zero-order valence-corrected chi connectivity index (χ0v) is 14.6. The average molecular weight is 347 g/mol. The molecule has 25 heavy (non-hydrogen) atoms. The van der Waals surface area contributed by atoms with E-state index in [1.54, 1.807) is 38.4 Å². The lowest BCUT2D eigenvalue weighted by Gasteiger charge is -2.18. The summed E-state index contributed by atoms with van der Waals surface area (Å²) in [6.45, 7) is -0.427. The Morgan fingerprint density at radius 2 is 2.00 bits per heavy atom. The van der Waals surface area contributed by atoms with Crippen LogP contribution in [0.5, 0.6) is 5.75 Å². The van der Waals surface area contributed by atoms with Crippen molar-refractivity contribution in [2.75, 3.05) is 37.2 Å². The SMILES string of the molecule is COc1cccc(NC(=O)Cn2c(=O)c(N(C)C)c(N)n(C)c2=O)c1. The number of ether oxygens (including phenoxy) is 1. The van der Waals surface area contributed by atoms with E-state index < -0.39 is 23.7 Å². The molecule has 2 rings (SSSR count). The van der Waals surface area contributed by atoms with E-state index >= 15 is 0 Å². The van der Waals surface area contributed by atoms with Gasteiger partial charge < -0.3 is 20.7 Å². The second-order valence-corrected chi connectivity index (χ2v) is 5.64. The molecule has 3 N–H and O–H groups in total. The van der Waals surface area contributed by atoms with Crippen LogP contribution in [0.3, 0.4) is 0 Å². The first kappa shape index (κ1) is 18.1. The summed E-state index contributed by atoms with van der Waals surface area (Å²) in [4.78, 5) is 38.6. The lowest BCUT2D eigenvalue weighted by atomic mass is 10.3. The molecule has 1 amide bonds. The largest absolute Gasteiger partial charge is 0.497 e. The van der Waals surface area contributed by atoms with E-state index in [-0.39, 0.29) is 11.5 Å². The van der Waals surface area contributed by atoms with Crippen LogP contribution < -0.4 is 31.9 Å². The molecule has 0 saturated carbocycles. The second-order valence-electron chi connectivity index (χ2n) is 5.64. The Bertz CT molecular complexity index is 914. The van der Waals surface area contributed by atoms with Crippen LogP contribution in [0.15, 0.2) is 33.9 Å². The predicted octanol–water partition coefficient (Wildman–Crippen LogP) is -0.157. The number of nitrogen functional groups attached to an aromatic ring is 1. The number of nitrogens with one attached hydrogen (secondary N) is 1. The summed E-state index contributed by atoms with van der Waals surface area (Å²) in [6, 6.07) is 6.76. The third-order valence-electron chi connectivity index (χ3n) is 3.67. The van der Waals surface area contributed by atoms with Crippen molar-refractivity contribution in [3.8, 4) is 5.75 Å². The summed E-state index contributed by atoms with van der Waals surface area (Å²) in [5, 5.41) is 2.63. The molecule has 0 radical (unpaired) electrons. The molecule has 2 aromatic rings. The number of aromatic nitrogens is 2. The van der Waals surface area contributed by atoms with Crippen molar-refractivity contribution in [1.82, 2.24) is 9.13 Å². The molecule has 0 spiro atoms. The molecule has 1 heterocycles. The first-order chi connectivity index (χ1) is 11.8. The molecule has 9 nitrogen and oxygen atoms in total. The predicted molar refractivity (Wildman–Crippen MR) is 96.3 cm³/mol. The Hall–Kier alpha value is -3.23. The van der Waals surface area contributed by atoms with E-state index in [0.29, 0.717) is 11.4 Å². The van der Waals surface area contributed by atoms with Crippen LogP contribution in [0.1, 0.15) is 0 Å². The van der Waals surface area contributed by atoms with Crippen LogP contribution in [0.25, 0.3) is 0 Å². The first-order valence-electron chi connectivity index (χ1n) is 7.46. The number of carbonyl (C=O) groups excluding carboxylic acids is 1. The zero-order chi connectivity index (χ0) is 18.7. The highest BCUT2D eigenvalue weighted by Crippen LogP contribution is 2.16. The molecule has 1 aromatic heterocycles. The van der Waals surface area contributed by atoms with Gasteiger partial charge in [0.25, 0.3) is 5.56 Å². The maximum atomic E-state index is 12.5. The van der Waals surface area contributed by atoms with Crippen molar-refractivity contribution < 1.29 is 9.53 Å². The van der Waals surface area contributed by atoms with Crippen LogP contribution >= 0.6 is 0 Å². The smallest absolute Gasteiger partial charge is 0.332 e. The van der Waals surface area contributed by atoms with Gasteiger partial charge in [-0.25, -0.2) is 9.36 Å². The van der Waals surface area contributed by atoms with Gasteiger partial charge in [0.1, 0.15) is 23.8 Å². The molecule has 0 unspecified atom stereocenters. The Morgan fingerprint density at radius 3 is 2.60 bits per heavy atom. The third-order valence-corrected chi connectivity index (χ3v) is 3.67. The van der Waals surface area contributed by atoms with Crippen LogP contribution in [-0.4, -0.2) is 36.2 Å². The summed E-state index contributed by atoms with van der Waals surface area (Å²) < 4.78 is 7.07. The van der Waals surface area contributed by atoms with Crippen molar-refractivity contribution in [1.29, 1.82) is 0 Å². The van der Waals surface area contributed by atoms with Crippen molar-refractivity contribution in [3.05, 3.63) is 45.1 Å². The lowest BCUT2D eigenvalue weighted by molar-refractivity contribution is -0.116. The van der Waals surface area contributed by atoms with Gasteiger partial charge in [0.05, 0.1) is 7.11 Å². The summed E-state index contributed by atoms with van der Waals surface area (Å²) in [6.07, 6.45) is 0. The minimum atomic E-state index is -0.658. The molecule has 0 aliphatic carbocycles. The number of hydrogen-bond acceptors (Lipinski definition) is 6. The maximum absolute atomic E-state index is 12.5. The number of nitrogens with zero attached hydrogens (tertiary/aromatic N) is 3.